The van der Waals surface area contributed by atoms with E-state index in [9.17, 15) is 0 Å². The first-order chi connectivity index (χ1) is 9.24. The summed E-state index contributed by atoms with van der Waals surface area (Å²) < 4.78 is 10.9. The van der Waals surface area contributed by atoms with Crippen LogP contribution < -0.4 is 10.5 Å². The summed E-state index contributed by atoms with van der Waals surface area (Å²) in [5, 5.41) is 3.93. The lowest BCUT2D eigenvalue weighted by molar-refractivity contribution is 0.283. The maximum atomic E-state index is 6.14. The summed E-state index contributed by atoms with van der Waals surface area (Å²) in [6.45, 7) is 2.31. The normalized spacial score (nSPS) is 18.1. The molecule has 1 aliphatic carbocycles. The van der Waals surface area contributed by atoms with Crippen LogP contribution in [0.15, 0.2) is 28.8 Å². The van der Waals surface area contributed by atoms with Gasteiger partial charge in [-0.1, -0.05) is 17.3 Å². The number of ether oxygens (including phenoxy) is 1. The number of hydrogen-bond acceptors (Lipinski definition) is 4. The van der Waals surface area contributed by atoms with Crippen LogP contribution in [0.1, 0.15) is 41.5 Å². The molecule has 100 valence electrons. The van der Waals surface area contributed by atoms with Gasteiger partial charge in [0, 0.05) is 12.1 Å². The van der Waals surface area contributed by atoms with Crippen molar-refractivity contribution in [2.45, 2.75) is 38.8 Å². The molecule has 3 rings (SSSR count). The van der Waals surface area contributed by atoms with Gasteiger partial charge in [-0.15, -0.1) is 0 Å². The fraction of sp³-hybridized carbons (Fsp3) is 0.400. The second-order valence-electron chi connectivity index (χ2n) is 5.04. The number of rotatable bonds is 3. The smallest absolute Gasteiger partial charge is 0.134 e. The Kier molecular flexibility index (Phi) is 3.25. The molecule has 0 fully saturated rings. The minimum absolute atomic E-state index is 0.140. The van der Waals surface area contributed by atoms with Crippen LogP contribution >= 0.6 is 0 Å². The van der Waals surface area contributed by atoms with Crippen molar-refractivity contribution in [3.8, 4) is 5.75 Å². The Labute approximate surface area is 112 Å². The van der Waals surface area contributed by atoms with E-state index in [1.165, 1.54) is 11.1 Å². The lowest BCUT2D eigenvalue weighted by Crippen LogP contribution is -2.18. The number of nitrogens with two attached hydrogens (primary N) is 1. The molecule has 0 aliphatic heterocycles. The van der Waals surface area contributed by atoms with Crippen LogP contribution in [0.2, 0.25) is 0 Å². The molecule has 4 heteroatoms. The van der Waals surface area contributed by atoms with Gasteiger partial charge in [-0.25, -0.2) is 0 Å². The molecule has 0 bridgehead atoms. The number of fused-ring (bicyclic) bond motifs is 1. The van der Waals surface area contributed by atoms with Crippen LogP contribution in [0.25, 0.3) is 0 Å². The van der Waals surface area contributed by atoms with Gasteiger partial charge < -0.3 is 15.0 Å². The molecule has 0 saturated carbocycles. The van der Waals surface area contributed by atoms with Crippen LogP contribution in [0.4, 0.5) is 0 Å². The highest BCUT2D eigenvalue weighted by Crippen LogP contribution is 2.34. The first-order valence-corrected chi connectivity index (χ1v) is 6.66. The van der Waals surface area contributed by atoms with Gasteiger partial charge in [0.1, 0.15) is 23.8 Å². The van der Waals surface area contributed by atoms with E-state index in [1.807, 2.05) is 25.1 Å². The minimum Gasteiger partial charge on any atom is -0.487 e. The largest absolute Gasteiger partial charge is 0.487 e. The Morgan fingerprint density at radius 1 is 1.47 bits per heavy atom. The molecule has 19 heavy (non-hydrogen) atoms. The van der Waals surface area contributed by atoms with E-state index in [-0.39, 0.29) is 6.04 Å². The van der Waals surface area contributed by atoms with Crippen molar-refractivity contribution in [2.75, 3.05) is 0 Å². The fourth-order valence-corrected chi connectivity index (χ4v) is 2.62. The van der Waals surface area contributed by atoms with Gasteiger partial charge in [0.15, 0.2) is 0 Å². The first-order valence-electron chi connectivity index (χ1n) is 6.66. The van der Waals surface area contributed by atoms with E-state index in [0.29, 0.717) is 6.61 Å². The molecule has 2 aromatic rings. The highest BCUT2D eigenvalue weighted by atomic mass is 16.5. The quantitative estimate of drug-likeness (QED) is 0.919. The van der Waals surface area contributed by atoms with Gasteiger partial charge in [-0.3, -0.25) is 0 Å². The van der Waals surface area contributed by atoms with Crippen molar-refractivity contribution in [3.05, 3.63) is 46.8 Å². The zero-order chi connectivity index (χ0) is 13.2. The van der Waals surface area contributed by atoms with Crippen molar-refractivity contribution >= 4 is 0 Å². The lowest BCUT2D eigenvalue weighted by atomic mass is 9.87. The highest BCUT2D eigenvalue weighted by Gasteiger charge is 2.19. The highest BCUT2D eigenvalue weighted by molar-refractivity contribution is 5.43. The van der Waals surface area contributed by atoms with E-state index in [4.69, 9.17) is 15.0 Å². The Hall–Kier alpha value is -1.81. The molecular formula is C15H18N2O2. The van der Waals surface area contributed by atoms with Gasteiger partial charge in [0.25, 0.3) is 0 Å². The second-order valence-corrected chi connectivity index (χ2v) is 5.04. The van der Waals surface area contributed by atoms with Crippen molar-refractivity contribution in [1.82, 2.24) is 5.16 Å². The molecule has 4 nitrogen and oxygen atoms in total. The standard InChI is InChI=1S/C15H18N2O2/c1-10-8-11(17-19-10)9-18-15-7-3-4-12-13(15)5-2-6-14(12)16/h3-4,7-8,14H,2,5-6,9,16H2,1H3. The average Bonchev–Trinajstić information content (AvgIpc) is 2.83. The number of benzene rings is 1. The van der Waals surface area contributed by atoms with Gasteiger partial charge >= 0.3 is 0 Å². The monoisotopic (exact) mass is 258 g/mol. The average molecular weight is 258 g/mol. The van der Waals surface area contributed by atoms with E-state index in [1.54, 1.807) is 0 Å². The molecule has 2 N–H and O–H groups in total. The van der Waals surface area contributed by atoms with Crippen molar-refractivity contribution in [1.29, 1.82) is 0 Å². The van der Waals surface area contributed by atoms with Gasteiger partial charge in [0.2, 0.25) is 0 Å². The summed E-state index contributed by atoms with van der Waals surface area (Å²) in [5.74, 6) is 1.73. The molecule has 1 atom stereocenters. The molecule has 1 aromatic carbocycles. The molecular weight excluding hydrogens is 240 g/mol. The maximum absolute atomic E-state index is 6.14. The number of nitrogens with zero attached hydrogens (tertiary/aromatic N) is 1. The number of hydrogen-bond donors (Lipinski definition) is 1. The Morgan fingerprint density at radius 2 is 2.37 bits per heavy atom. The number of aryl methyl sites for hydroxylation is 1. The maximum Gasteiger partial charge on any atom is 0.134 e. The van der Waals surface area contributed by atoms with E-state index < -0.39 is 0 Å². The molecule has 0 saturated heterocycles. The molecule has 1 aliphatic rings. The summed E-state index contributed by atoms with van der Waals surface area (Å²) in [4.78, 5) is 0. The van der Waals surface area contributed by atoms with Crippen LogP contribution in [0, 0.1) is 6.92 Å². The van der Waals surface area contributed by atoms with Crippen molar-refractivity contribution in [3.63, 3.8) is 0 Å². The fourth-order valence-electron chi connectivity index (χ4n) is 2.62. The van der Waals surface area contributed by atoms with Gasteiger partial charge in [0.05, 0.1) is 0 Å². The third-order valence-corrected chi connectivity index (χ3v) is 3.56. The molecule has 0 radical (unpaired) electrons. The second kappa shape index (κ2) is 5.05. The number of aromatic nitrogens is 1. The summed E-state index contributed by atoms with van der Waals surface area (Å²) in [6.07, 6.45) is 3.22. The van der Waals surface area contributed by atoms with Crippen LogP contribution in [-0.2, 0) is 13.0 Å². The zero-order valence-electron chi connectivity index (χ0n) is 11.1. The van der Waals surface area contributed by atoms with Crippen molar-refractivity contribution in [2.24, 2.45) is 5.73 Å². The SMILES string of the molecule is Cc1cc(COc2cccc3c2CCCC3N)no1. The van der Waals surface area contributed by atoms with E-state index >= 15 is 0 Å². The van der Waals surface area contributed by atoms with Crippen LogP contribution in [0.3, 0.4) is 0 Å². The third kappa shape index (κ3) is 2.49. The molecule has 1 aromatic heterocycles. The van der Waals surface area contributed by atoms with Gasteiger partial charge in [-0.2, -0.15) is 0 Å². The third-order valence-electron chi connectivity index (χ3n) is 3.56. The zero-order valence-corrected chi connectivity index (χ0v) is 11.1. The summed E-state index contributed by atoms with van der Waals surface area (Å²) in [7, 11) is 0. The molecule has 0 spiro atoms. The molecule has 1 heterocycles. The Bertz CT molecular complexity index is 577. The van der Waals surface area contributed by atoms with E-state index in [2.05, 4.69) is 11.2 Å². The Morgan fingerprint density at radius 3 is 3.16 bits per heavy atom. The van der Waals surface area contributed by atoms with E-state index in [0.717, 1.165) is 36.5 Å². The first kappa shape index (κ1) is 12.2. The topological polar surface area (TPSA) is 61.3 Å². The van der Waals surface area contributed by atoms with Crippen molar-refractivity contribution < 1.29 is 9.26 Å². The van der Waals surface area contributed by atoms with Crippen LogP contribution in [-0.4, -0.2) is 5.16 Å². The predicted molar refractivity (Wildman–Crippen MR) is 71.9 cm³/mol. The predicted octanol–water partition coefficient (Wildman–Crippen LogP) is 2.90. The lowest BCUT2D eigenvalue weighted by Gasteiger charge is -2.24. The molecule has 1 unspecified atom stereocenters. The summed E-state index contributed by atoms with van der Waals surface area (Å²) in [5.41, 5.74) is 9.43. The van der Waals surface area contributed by atoms with Gasteiger partial charge in [-0.05, 0) is 43.4 Å². The summed E-state index contributed by atoms with van der Waals surface area (Å²) >= 11 is 0. The minimum atomic E-state index is 0.140. The molecule has 0 amide bonds. The Balaban J connectivity index is 1.79. The summed E-state index contributed by atoms with van der Waals surface area (Å²) in [6, 6.07) is 8.14. The van der Waals surface area contributed by atoms with Crippen LogP contribution in [0.5, 0.6) is 5.75 Å².